The van der Waals surface area contributed by atoms with E-state index >= 15 is 0 Å². The Bertz CT molecular complexity index is 569. The molecule has 100 valence electrons. The van der Waals surface area contributed by atoms with Crippen LogP contribution in [0.2, 0.25) is 0 Å². The third-order valence-corrected chi connectivity index (χ3v) is 3.13. The lowest BCUT2D eigenvalue weighted by molar-refractivity contribution is 0.112. The van der Waals surface area contributed by atoms with E-state index in [-0.39, 0.29) is 6.61 Å². The van der Waals surface area contributed by atoms with Crippen molar-refractivity contribution in [3.05, 3.63) is 35.9 Å². The SMILES string of the molecule is CCN(CCCO)c1nc2ccccc2cc1C=O. The highest BCUT2D eigenvalue weighted by atomic mass is 16.3. The van der Waals surface area contributed by atoms with Crippen molar-refractivity contribution >= 4 is 23.0 Å². The molecule has 0 unspecified atom stereocenters. The highest BCUT2D eigenvalue weighted by Crippen LogP contribution is 2.22. The first-order valence-corrected chi connectivity index (χ1v) is 6.51. The third kappa shape index (κ3) is 2.90. The molecule has 1 aromatic heterocycles. The van der Waals surface area contributed by atoms with Crippen molar-refractivity contribution in [3.63, 3.8) is 0 Å². The standard InChI is InChI=1S/C15H18N2O2/c1-2-17(8-5-9-18)15-13(11-19)10-12-6-3-4-7-14(12)16-15/h3-4,6-7,10-11,18H,2,5,8-9H2,1H3. The van der Waals surface area contributed by atoms with Gasteiger partial charge in [0.05, 0.1) is 11.1 Å². The number of aliphatic hydroxyl groups excluding tert-OH is 1. The number of rotatable bonds is 6. The van der Waals surface area contributed by atoms with Crippen molar-refractivity contribution in [1.82, 2.24) is 4.98 Å². The summed E-state index contributed by atoms with van der Waals surface area (Å²) < 4.78 is 0. The maximum Gasteiger partial charge on any atom is 0.153 e. The molecule has 0 aliphatic rings. The van der Waals surface area contributed by atoms with Crippen molar-refractivity contribution in [2.75, 3.05) is 24.6 Å². The topological polar surface area (TPSA) is 53.4 Å². The van der Waals surface area contributed by atoms with Gasteiger partial charge in [0.2, 0.25) is 0 Å². The third-order valence-electron chi connectivity index (χ3n) is 3.13. The van der Waals surface area contributed by atoms with Gasteiger partial charge in [0.15, 0.2) is 6.29 Å². The molecule has 0 bridgehead atoms. The molecule has 0 saturated heterocycles. The van der Waals surface area contributed by atoms with Crippen LogP contribution in [0.25, 0.3) is 10.9 Å². The van der Waals surface area contributed by atoms with E-state index in [1.165, 1.54) is 0 Å². The number of para-hydroxylation sites is 1. The predicted octanol–water partition coefficient (Wildman–Crippen LogP) is 2.26. The van der Waals surface area contributed by atoms with Crippen LogP contribution in [0.15, 0.2) is 30.3 Å². The van der Waals surface area contributed by atoms with Crippen molar-refractivity contribution in [3.8, 4) is 0 Å². The average molecular weight is 258 g/mol. The summed E-state index contributed by atoms with van der Waals surface area (Å²) in [6, 6.07) is 9.62. The van der Waals surface area contributed by atoms with Gasteiger partial charge in [-0.2, -0.15) is 0 Å². The van der Waals surface area contributed by atoms with E-state index in [4.69, 9.17) is 5.11 Å². The largest absolute Gasteiger partial charge is 0.396 e. The van der Waals surface area contributed by atoms with Crippen LogP contribution in [0.4, 0.5) is 5.82 Å². The van der Waals surface area contributed by atoms with Crippen LogP contribution in [0.5, 0.6) is 0 Å². The van der Waals surface area contributed by atoms with Crippen LogP contribution in [0, 0.1) is 0 Å². The molecular weight excluding hydrogens is 240 g/mol. The summed E-state index contributed by atoms with van der Waals surface area (Å²) in [6.45, 7) is 3.61. The first kappa shape index (κ1) is 13.5. The Kier molecular flexibility index (Phi) is 4.47. The molecular formula is C15H18N2O2. The molecule has 2 aromatic rings. The molecule has 0 amide bonds. The Balaban J connectivity index is 2.47. The lowest BCUT2D eigenvalue weighted by atomic mass is 10.1. The van der Waals surface area contributed by atoms with Crippen LogP contribution in [0.1, 0.15) is 23.7 Å². The molecule has 0 radical (unpaired) electrons. The zero-order valence-corrected chi connectivity index (χ0v) is 11.0. The summed E-state index contributed by atoms with van der Waals surface area (Å²) in [6.07, 6.45) is 1.51. The molecule has 1 N–H and O–H groups in total. The van der Waals surface area contributed by atoms with Gasteiger partial charge in [-0.05, 0) is 25.5 Å². The molecule has 4 heteroatoms. The van der Waals surface area contributed by atoms with Crippen LogP contribution in [-0.4, -0.2) is 36.1 Å². The molecule has 2 rings (SSSR count). The first-order chi connectivity index (χ1) is 9.30. The quantitative estimate of drug-likeness (QED) is 0.807. The molecule has 4 nitrogen and oxygen atoms in total. The number of aldehydes is 1. The van der Waals surface area contributed by atoms with Gasteiger partial charge in [0.25, 0.3) is 0 Å². The van der Waals surface area contributed by atoms with E-state index in [0.717, 1.165) is 23.7 Å². The summed E-state index contributed by atoms with van der Waals surface area (Å²) in [5, 5.41) is 9.90. The fourth-order valence-electron chi connectivity index (χ4n) is 2.14. The lowest BCUT2D eigenvalue weighted by Crippen LogP contribution is -2.26. The highest BCUT2D eigenvalue weighted by molar-refractivity contribution is 5.91. The second-order valence-electron chi connectivity index (χ2n) is 4.37. The molecule has 0 fully saturated rings. The number of hydrogen-bond donors (Lipinski definition) is 1. The van der Waals surface area contributed by atoms with Crippen molar-refractivity contribution in [2.24, 2.45) is 0 Å². The van der Waals surface area contributed by atoms with Gasteiger partial charge < -0.3 is 10.0 Å². The summed E-state index contributed by atoms with van der Waals surface area (Å²) in [5.74, 6) is 0.699. The lowest BCUT2D eigenvalue weighted by Gasteiger charge is -2.23. The van der Waals surface area contributed by atoms with Crippen molar-refractivity contribution < 1.29 is 9.90 Å². The van der Waals surface area contributed by atoms with E-state index < -0.39 is 0 Å². The number of nitrogens with zero attached hydrogens (tertiary/aromatic N) is 2. The number of benzene rings is 1. The molecule has 19 heavy (non-hydrogen) atoms. The second kappa shape index (κ2) is 6.29. The Morgan fingerprint density at radius 2 is 2.16 bits per heavy atom. The molecule has 0 saturated carbocycles. The fourth-order valence-corrected chi connectivity index (χ4v) is 2.14. The van der Waals surface area contributed by atoms with Crippen LogP contribution in [0.3, 0.4) is 0 Å². The van der Waals surface area contributed by atoms with Crippen molar-refractivity contribution in [1.29, 1.82) is 0 Å². The minimum Gasteiger partial charge on any atom is -0.396 e. The number of carbonyl (C=O) groups excluding carboxylic acids is 1. The Morgan fingerprint density at radius 1 is 1.37 bits per heavy atom. The molecule has 0 spiro atoms. The highest BCUT2D eigenvalue weighted by Gasteiger charge is 2.12. The maximum atomic E-state index is 11.2. The number of pyridine rings is 1. The van der Waals surface area contributed by atoms with E-state index in [9.17, 15) is 4.79 Å². The van der Waals surface area contributed by atoms with Crippen LogP contribution >= 0.6 is 0 Å². The fraction of sp³-hybridized carbons (Fsp3) is 0.333. The number of anilines is 1. The van der Waals surface area contributed by atoms with E-state index in [1.807, 2.05) is 42.2 Å². The number of aromatic nitrogens is 1. The second-order valence-corrected chi connectivity index (χ2v) is 4.37. The van der Waals surface area contributed by atoms with E-state index in [1.54, 1.807) is 0 Å². The Morgan fingerprint density at radius 3 is 2.84 bits per heavy atom. The van der Waals surface area contributed by atoms with E-state index in [2.05, 4.69) is 4.98 Å². The zero-order valence-electron chi connectivity index (χ0n) is 11.0. The predicted molar refractivity (Wildman–Crippen MR) is 76.7 cm³/mol. The number of carbonyl (C=O) groups is 1. The first-order valence-electron chi connectivity index (χ1n) is 6.51. The normalized spacial score (nSPS) is 10.6. The summed E-state index contributed by atoms with van der Waals surface area (Å²) in [5.41, 5.74) is 1.48. The monoisotopic (exact) mass is 258 g/mol. The summed E-state index contributed by atoms with van der Waals surface area (Å²) in [4.78, 5) is 17.9. The minimum absolute atomic E-state index is 0.139. The van der Waals surface area contributed by atoms with E-state index in [0.29, 0.717) is 24.3 Å². The number of aliphatic hydroxyl groups is 1. The minimum atomic E-state index is 0.139. The molecule has 1 aromatic carbocycles. The van der Waals surface area contributed by atoms with Gasteiger partial charge in [0, 0.05) is 25.1 Å². The molecule has 1 heterocycles. The summed E-state index contributed by atoms with van der Waals surface area (Å²) >= 11 is 0. The van der Waals surface area contributed by atoms with Gasteiger partial charge in [-0.25, -0.2) is 4.98 Å². The molecule has 0 aliphatic carbocycles. The maximum absolute atomic E-state index is 11.2. The number of fused-ring (bicyclic) bond motifs is 1. The van der Waals surface area contributed by atoms with Gasteiger partial charge in [-0.3, -0.25) is 4.79 Å². The molecule has 0 atom stereocenters. The van der Waals surface area contributed by atoms with Crippen LogP contribution in [-0.2, 0) is 0 Å². The summed E-state index contributed by atoms with van der Waals surface area (Å²) in [7, 11) is 0. The van der Waals surface area contributed by atoms with Crippen molar-refractivity contribution in [2.45, 2.75) is 13.3 Å². The Labute approximate surface area is 112 Å². The van der Waals surface area contributed by atoms with Gasteiger partial charge in [0.1, 0.15) is 5.82 Å². The average Bonchev–Trinajstić information content (AvgIpc) is 2.47. The zero-order chi connectivity index (χ0) is 13.7. The van der Waals surface area contributed by atoms with Crippen LogP contribution < -0.4 is 4.90 Å². The molecule has 0 aliphatic heterocycles. The Hall–Kier alpha value is -1.94. The van der Waals surface area contributed by atoms with Gasteiger partial charge in [-0.1, -0.05) is 18.2 Å². The smallest absolute Gasteiger partial charge is 0.153 e. The van der Waals surface area contributed by atoms with Gasteiger partial charge in [-0.15, -0.1) is 0 Å². The van der Waals surface area contributed by atoms with Gasteiger partial charge >= 0.3 is 0 Å². The number of hydrogen-bond acceptors (Lipinski definition) is 4.